The van der Waals surface area contributed by atoms with E-state index in [0.29, 0.717) is 48.7 Å². The number of H-pyrrole nitrogens is 1. The van der Waals surface area contributed by atoms with Crippen molar-refractivity contribution in [2.24, 2.45) is 0 Å². The Morgan fingerprint density at radius 3 is 2.59 bits per heavy atom. The van der Waals surface area contributed by atoms with E-state index in [-0.39, 0.29) is 22.5 Å². The molecule has 0 amide bonds. The summed E-state index contributed by atoms with van der Waals surface area (Å²) in [5, 5.41) is 8.31. The van der Waals surface area contributed by atoms with Crippen molar-refractivity contribution in [3.05, 3.63) is 58.3 Å². The first kappa shape index (κ1) is 22.6. The minimum atomic E-state index is -3.59. The van der Waals surface area contributed by atoms with Crippen LogP contribution in [0.25, 0.3) is 15.7 Å². The molecule has 2 aliphatic rings. The lowest BCUT2D eigenvalue weighted by Crippen LogP contribution is -2.40. The highest BCUT2D eigenvalue weighted by molar-refractivity contribution is 7.89. The lowest BCUT2D eigenvalue weighted by molar-refractivity contribution is 0.0730. The normalized spacial score (nSPS) is 21.9. The van der Waals surface area contributed by atoms with Gasteiger partial charge in [0.1, 0.15) is 11.4 Å². The smallest absolute Gasteiger partial charge is 0.261 e. The van der Waals surface area contributed by atoms with Crippen molar-refractivity contribution in [2.75, 3.05) is 31.6 Å². The van der Waals surface area contributed by atoms with Crippen molar-refractivity contribution in [3.8, 4) is 0 Å². The molecule has 0 spiro atoms. The third-order valence-corrected chi connectivity index (χ3v) is 8.44. The standard InChI is InChI=1S/C23H26N6O4S/c1-24-18-4-2-3-5-19(18)29-20-10-11-25-23(30)21(20)22(27-29)26-16-6-8-17(9-7-16)34(31,32)28-12-14-33-15-13-28/h6-11,18-19H,2-5,12-15H2,(H,25,30)(H,26,27)/t18-,19-/m0/s1. The second-order valence-corrected chi connectivity index (χ2v) is 10.5. The van der Waals surface area contributed by atoms with Gasteiger partial charge in [0.05, 0.1) is 23.6 Å². The van der Waals surface area contributed by atoms with Crippen molar-refractivity contribution < 1.29 is 13.2 Å². The number of nitrogens with zero attached hydrogens (tertiary/aromatic N) is 4. The zero-order valence-electron chi connectivity index (χ0n) is 18.6. The number of aromatic amines is 1. The van der Waals surface area contributed by atoms with Gasteiger partial charge < -0.3 is 19.9 Å². The fourth-order valence-electron chi connectivity index (χ4n) is 4.75. The molecule has 1 saturated heterocycles. The van der Waals surface area contributed by atoms with Crippen molar-refractivity contribution in [3.63, 3.8) is 0 Å². The number of benzene rings is 1. The quantitative estimate of drug-likeness (QED) is 0.541. The molecular weight excluding hydrogens is 456 g/mol. The van der Waals surface area contributed by atoms with Crippen molar-refractivity contribution >= 4 is 32.4 Å². The molecule has 1 saturated carbocycles. The first-order valence-electron chi connectivity index (χ1n) is 11.4. The average molecular weight is 483 g/mol. The summed E-state index contributed by atoms with van der Waals surface area (Å²) in [6.45, 7) is 9.04. The number of fused-ring (bicyclic) bond motifs is 1. The van der Waals surface area contributed by atoms with Crippen LogP contribution >= 0.6 is 0 Å². The molecule has 2 aromatic heterocycles. The molecule has 10 nitrogen and oxygen atoms in total. The molecular formula is C23H26N6O4S. The van der Waals surface area contributed by atoms with Gasteiger partial charge in [-0.05, 0) is 43.2 Å². The van der Waals surface area contributed by atoms with Gasteiger partial charge in [-0.1, -0.05) is 6.42 Å². The van der Waals surface area contributed by atoms with E-state index >= 15 is 0 Å². The Bertz CT molecular complexity index is 1380. The largest absolute Gasteiger partial charge is 0.379 e. The SMILES string of the molecule is [C-]#[N+][C@H]1CCCC[C@@H]1n1nc(Nc2ccc(S(=O)(=O)N3CCOCC3)cc2)c2c(=O)[nH]ccc21. The molecule has 178 valence electrons. The molecule has 34 heavy (non-hydrogen) atoms. The molecule has 1 aliphatic heterocycles. The molecule has 2 atom stereocenters. The minimum absolute atomic E-state index is 0.0906. The van der Waals surface area contributed by atoms with E-state index in [0.717, 1.165) is 25.7 Å². The van der Waals surface area contributed by atoms with E-state index in [9.17, 15) is 13.2 Å². The van der Waals surface area contributed by atoms with Crippen LogP contribution < -0.4 is 10.9 Å². The lowest BCUT2D eigenvalue weighted by Gasteiger charge is -2.26. The highest BCUT2D eigenvalue weighted by atomic mass is 32.2. The van der Waals surface area contributed by atoms with Crippen LogP contribution in [0, 0.1) is 6.57 Å². The van der Waals surface area contributed by atoms with Crippen LogP contribution in [0.3, 0.4) is 0 Å². The highest BCUT2D eigenvalue weighted by Crippen LogP contribution is 2.35. The Balaban J connectivity index is 1.46. The first-order valence-corrected chi connectivity index (χ1v) is 12.8. The number of ether oxygens (including phenoxy) is 1. The number of sulfonamides is 1. The fourth-order valence-corrected chi connectivity index (χ4v) is 6.16. The summed E-state index contributed by atoms with van der Waals surface area (Å²) in [6.07, 6.45) is 5.29. The second-order valence-electron chi connectivity index (χ2n) is 8.57. The number of anilines is 2. The third-order valence-electron chi connectivity index (χ3n) is 6.53. The van der Waals surface area contributed by atoms with E-state index in [4.69, 9.17) is 16.4 Å². The molecule has 2 fully saturated rings. The fraction of sp³-hybridized carbons (Fsp3) is 0.435. The van der Waals surface area contributed by atoms with Gasteiger partial charge >= 0.3 is 0 Å². The summed E-state index contributed by atoms with van der Waals surface area (Å²) < 4.78 is 34.2. The Hall–Kier alpha value is -3.20. The van der Waals surface area contributed by atoms with Crippen LogP contribution in [0.2, 0.25) is 0 Å². The molecule has 11 heteroatoms. The molecule has 0 unspecified atom stereocenters. The van der Waals surface area contributed by atoms with Gasteiger partial charge in [0.15, 0.2) is 5.82 Å². The van der Waals surface area contributed by atoms with Gasteiger partial charge in [-0.15, -0.1) is 0 Å². The number of nitrogens with one attached hydrogen (secondary N) is 2. The van der Waals surface area contributed by atoms with Crippen LogP contribution in [0.4, 0.5) is 11.5 Å². The summed E-state index contributed by atoms with van der Waals surface area (Å²) in [5.41, 5.74) is 1.02. The van der Waals surface area contributed by atoms with Gasteiger partial charge in [-0.2, -0.15) is 9.40 Å². The van der Waals surface area contributed by atoms with Gasteiger partial charge in [-0.25, -0.2) is 15.0 Å². The number of aromatic nitrogens is 3. The van der Waals surface area contributed by atoms with Crippen LogP contribution in [0.15, 0.2) is 46.2 Å². The predicted octanol–water partition coefficient (Wildman–Crippen LogP) is 2.89. The van der Waals surface area contributed by atoms with Crippen molar-refractivity contribution in [1.29, 1.82) is 0 Å². The summed E-state index contributed by atoms with van der Waals surface area (Å²) in [6, 6.07) is 7.97. The van der Waals surface area contributed by atoms with Crippen molar-refractivity contribution in [2.45, 2.75) is 42.7 Å². The number of hydrogen-bond acceptors (Lipinski definition) is 6. The summed E-state index contributed by atoms with van der Waals surface area (Å²) in [7, 11) is -3.59. The van der Waals surface area contributed by atoms with E-state index < -0.39 is 10.0 Å². The van der Waals surface area contributed by atoms with E-state index in [1.165, 1.54) is 4.31 Å². The minimum Gasteiger partial charge on any atom is -0.379 e. The topological polar surface area (TPSA) is 114 Å². The molecule has 5 rings (SSSR count). The Kier molecular flexibility index (Phi) is 6.12. The molecule has 1 aliphatic carbocycles. The Morgan fingerprint density at radius 2 is 1.85 bits per heavy atom. The molecule has 3 aromatic rings. The predicted molar refractivity (Wildman–Crippen MR) is 128 cm³/mol. The molecule has 3 heterocycles. The number of rotatable bonds is 5. The van der Waals surface area contributed by atoms with Gasteiger partial charge in [0, 0.05) is 31.4 Å². The van der Waals surface area contributed by atoms with Crippen LogP contribution in [-0.4, -0.2) is 59.8 Å². The maximum absolute atomic E-state index is 12.9. The molecule has 0 bridgehead atoms. The van der Waals surface area contributed by atoms with Gasteiger partial charge in [0.2, 0.25) is 16.1 Å². The second kappa shape index (κ2) is 9.21. The zero-order chi connectivity index (χ0) is 23.7. The van der Waals surface area contributed by atoms with E-state index in [1.54, 1.807) is 30.5 Å². The Morgan fingerprint density at radius 1 is 1.12 bits per heavy atom. The zero-order valence-corrected chi connectivity index (χ0v) is 19.4. The van der Waals surface area contributed by atoms with Gasteiger partial charge in [0.25, 0.3) is 5.56 Å². The maximum atomic E-state index is 12.9. The maximum Gasteiger partial charge on any atom is 0.261 e. The number of morpholine rings is 1. The molecule has 1 aromatic carbocycles. The first-order chi connectivity index (χ1) is 16.5. The lowest BCUT2D eigenvalue weighted by atomic mass is 9.91. The van der Waals surface area contributed by atoms with Gasteiger partial charge in [-0.3, -0.25) is 9.48 Å². The van der Waals surface area contributed by atoms with Crippen molar-refractivity contribution in [1.82, 2.24) is 19.1 Å². The number of pyridine rings is 1. The van der Waals surface area contributed by atoms with Crippen LogP contribution in [0.5, 0.6) is 0 Å². The summed E-state index contributed by atoms with van der Waals surface area (Å²) >= 11 is 0. The third kappa shape index (κ3) is 4.09. The summed E-state index contributed by atoms with van der Waals surface area (Å²) in [5.74, 6) is 0.384. The number of hydrogen-bond donors (Lipinski definition) is 2. The molecule has 0 radical (unpaired) electrons. The molecule has 2 N–H and O–H groups in total. The van der Waals surface area contributed by atoms with E-state index in [2.05, 4.69) is 15.1 Å². The van der Waals surface area contributed by atoms with E-state index in [1.807, 2.05) is 10.7 Å². The van der Waals surface area contributed by atoms with Crippen LogP contribution in [-0.2, 0) is 14.8 Å². The van der Waals surface area contributed by atoms with Crippen LogP contribution in [0.1, 0.15) is 31.7 Å². The average Bonchev–Trinajstić information content (AvgIpc) is 3.24. The highest BCUT2D eigenvalue weighted by Gasteiger charge is 2.34. The monoisotopic (exact) mass is 482 g/mol. The Labute approximate surface area is 197 Å². The summed E-state index contributed by atoms with van der Waals surface area (Å²) in [4.78, 5) is 19.4.